The predicted octanol–water partition coefficient (Wildman–Crippen LogP) is 3.25. The third kappa shape index (κ3) is 4.45. The largest absolute Gasteiger partial charge is 0.497 e. The molecule has 2 aromatic carbocycles. The summed E-state index contributed by atoms with van der Waals surface area (Å²) in [7, 11) is 1.58. The van der Waals surface area contributed by atoms with Crippen molar-refractivity contribution in [2.24, 2.45) is 0 Å². The normalized spacial score (nSPS) is 13.0. The number of methoxy groups -OCH3 is 1. The van der Waals surface area contributed by atoms with Crippen molar-refractivity contribution < 1.29 is 19.2 Å². The molecule has 140 valence electrons. The van der Waals surface area contributed by atoms with E-state index in [1.165, 1.54) is 6.92 Å². The van der Waals surface area contributed by atoms with Crippen molar-refractivity contribution in [1.82, 2.24) is 15.5 Å². The number of carbonyl (C=O) groups excluding carboxylic acids is 1. The SMILES string of the molecule is COc1ccc(-c2noc(C(NC(=O)c3ccc(Cl)cc3)C(C)O)n2)cc1. The van der Waals surface area contributed by atoms with Gasteiger partial charge < -0.3 is 19.7 Å². The number of hydrogen-bond donors (Lipinski definition) is 2. The first kappa shape index (κ1) is 18.9. The summed E-state index contributed by atoms with van der Waals surface area (Å²) in [5.41, 5.74) is 1.12. The number of amides is 1. The molecule has 1 heterocycles. The van der Waals surface area contributed by atoms with Crippen molar-refractivity contribution in [2.45, 2.75) is 19.1 Å². The van der Waals surface area contributed by atoms with Crippen LogP contribution in [0.3, 0.4) is 0 Å². The van der Waals surface area contributed by atoms with Crippen molar-refractivity contribution in [3.8, 4) is 17.1 Å². The number of aliphatic hydroxyl groups excluding tert-OH is 1. The van der Waals surface area contributed by atoms with Crippen LogP contribution in [0.4, 0.5) is 0 Å². The van der Waals surface area contributed by atoms with Crippen LogP contribution >= 0.6 is 11.6 Å². The Morgan fingerprint density at radius 2 is 1.85 bits per heavy atom. The number of nitrogens with zero attached hydrogens (tertiary/aromatic N) is 2. The van der Waals surface area contributed by atoms with Gasteiger partial charge in [0.25, 0.3) is 11.8 Å². The van der Waals surface area contributed by atoms with Crippen LogP contribution in [0.15, 0.2) is 53.1 Å². The van der Waals surface area contributed by atoms with E-state index in [4.69, 9.17) is 20.9 Å². The Kier molecular flexibility index (Phi) is 5.73. The van der Waals surface area contributed by atoms with Crippen molar-refractivity contribution in [1.29, 1.82) is 0 Å². The van der Waals surface area contributed by atoms with E-state index in [0.29, 0.717) is 22.2 Å². The molecule has 0 bridgehead atoms. The fraction of sp³-hybridized carbons (Fsp3) is 0.211. The Morgan fingerprint density at radius 3 is 2.44 bits per heavy atom. The maximum Gasteiger partial charge on any atom is 0.252 e. The minimum absolute atomic E-state index is 0.109. The summed E-state index contributed by atoms with van der Waals surface area (Å²) in [5.74, 6) is 0.776. The standard InChI is InChI=1S/C19H18ClN3O4/c1-11(24)16(21-18(25)13-3-7-14(20)8-4-13)19-22-17(23-27-19)12-5-9-15(26-2)10-6-12/h3-11,16,24H,1-2H3,(H,21,25). The maximum atomic E-state index is 12.4. The van der Waals surface area contributed by atoms with Crippen LogP contribution < -0.4 is 10.1 Å². The summed E-state index contributed by atoms with van der Waals surface area (Å²) >= 11 is 5.84. The molecule has 0 aliphatic rings. The van der Waals surface area contributed by atoms with Gasteiger partial charge in [0.15, 0.2) is 0 Å². The molecule has 0 aliphatic heterocycles. The molecule has 27 heavy (non-hydrogen) atoms. The van der Waals surface area contributed by atoms with E-state index in [1.54, 1.807) is 55.6 Å². The highest BCUT2D eigenvalue weighted by atomic mass is 35.5. The molecular weight excluding hydrogens is 370 g/mol. The maximum absolute atomic E-state index is 12.4. The molecule has 3 aromatic rings. The van der Waals surface area contributed by atoms with Crippen LogP contribution in [0.2, 0.25) is 5.02 Å². The van der Waals surface area contributed by atoms with Gasteiger partial charge in [0, 0.05) is 16.1 Å². The summed E-state index contributed by atoms with van der Waals surface area (Å²) in [6.45, 7) is 1.53. The number of halogens is 1. The van der Waals surface area contributed by atoms with Gasteiger partial charge in [-0.1, -0.05) is 16.8 Å². The molecule has 2 atom stereocenters. The smallest absolute Gasteiger partial charge is 0.252 e. The second kappa shape index (κ2) is 8.20. The Bertz CT molecular complexity index is 907. The Morgan fingerprint density at radius 1 is 1.19 bits per heavy atom. The number of carbonyl (C=O) groups is 1. The van der Waals surface area contributed by atoms with E-state index in [9.17, 15) is 9.90 Å². The topological polar surface area (TPSA) is 97.5 Å². The first-order chi connectivity index (χ1) is 13.0. The minimum Gasteiger partial charge on any atom is -0.497 e. The van der Waals surface area contributed by atoms with Gasteiger partial charge in [-0.15, -0.1) is 0 Å². The van der Waals surface area contributed by atoms with Crippen LogP contribution in [0.1, 0.15) is 29.2 Å². The molecule has 0 radical (unpaired) electrons. The summed E-state index contributed by atoms with van der Waals surface area (Å²) in [6.07, 6.45) is -0.939. The molecule has 7 nitrogen and oxygen atoms in total. The number of ether oxygens (including phenoxy) is 1. The predicted molar refractivity (Wildman–Crippen MR) is 99.6 cm³/mol. The lowest BCUT2D eigenvalue weighted by molar-refractivity contribution is 0.0818. The van der Waals surface area contributed by atoms with Gasteiger partial charge in [0.1, 0.15) is 11.8 Å². The average molecular weight is 388 g/mol. The van der Waals surface area contributed by atoms with Gasteiger partial charge in [-0.2, -0.15) is 4.98 Å². The first-order valence-corrected chi connectivity index (χ1v) is 8.58. The van der Waals surface area contributed by atoms with Crippen molar-refractivity contribution in [2.75, 3.05) is 7.11 Å². The summed E-state index contributed by atoms with van der Waals surface area (Å²) < 4.78 is 10.4. The number of hydrogen-bond acceptors (Lipinski definition) is 6. The first-order valence-electron chi connectivity index (χ1n) is 8.20. The lowest BCUT2D eigenvalue weighted by atomic mass is 10.1. The fourth-order valence-electron chi connectivity index (χ4n) is 2.43. The number of aliphatic hydroxyl groups is 1. The van der Waals surface area contributed by atoms with Crippen LogP contribution in [0, 0.1) is 0 Å². The molecule has 0 spiro atoms. The monoisotopic (exact) mass is 387 g/mol. The van der Waals surface area contributed by atoms with Gasteiger partial charge in [-0.25, -0.2) is 0 Å². The van der Waals surface area contributed by atoms with Crippen LogP contribution in [0.5, 0.6) is 5.75 Å². The molecule has 2 N–H and O–H groups in total. The lowest BCUT2D eigenvalue weighted by Crippen LogP contribution is -2.35. The third-order valence-corrected chi connectivity index (χ3v) is 4.18. The molecule has 0 saturated heterocycles. The lowest BCUT2D eigenvalue weighted by Gasteiger charge is -2.17. The third-order valence-electron chi connectivity index (χ3n) is 3.93. The molecule has 2 unspecified atom stereocenters. The zero-order valence-corrected chi connectivity index (χ0v) is 15.5. The van der Waals surface area contributed by atoms with Crippen LogP contribution in [-0.4, -0.2) is 34.4 Å². The van der Waals surface area contributed by atoms with Gasteiger partial charge >= 0.3 is 0 Å². The van der Waals surface area contributed by atoms with E-state index < -0.39 is 12.1 Å². The zero-order chi connectivity index (χ0) is 19.4. The minimum atomic E-state index is -0.939. The van der Waals surface area contributed by atoms with E-state index in [2.05, 4.69) is 15.5 Å². The Balaban J connectivity index is 1.79. The summed E-state index contributed by atoms with van der Waals surface area (Å²) in [5, 5.41) is 17.2. The van der Waals surface area contributed by atoms with Gasteiger partial charge in [0.2, 0.25) is 5.82 Å². The molecule has 0 saturated carbocycles. The van der Waals surface area contributed by atoms with E-state index in [-0.39, 0.29) is 11.8 Å². The molecule has 1 aromatic heterocycles. The number of rotatable bonds is 6. The molecular formula is C19H18ClN3O4. The molecule has 8 heteroatoms. The van der Waals surface area contributed by atoms with Crippen LogP contribution in [-0.2, 0) is 0 Å². The second-order valence-corrected chi connectivity index (χ2v) is 6.32. The number of aromatic nitrogens is 2. The van der Waals surface area contributed by atoms with Gasteiger partial charge in [0.05, 0.1) is 13.2 Å². The van der Waals surface area contributed by atoms with E-state index in [1.807, 2.05) is 0 Å². The number of benzene rings is 2. The highest BCUT2D eigenvalue weighted by Crippen LogP contribution is 2.23. The number of nitrogens with one attached hydrogen (secondary N) is 1. The zero-order valence-electron chi connectivity index (χ0n) is 14.7. The quantitative estimate of drug-likeness (QED) is 0.673. The van der Waals surface area contributed by atoms with Crippen molar-refractivity contribution in [3.05, 3.63) is 65.0 Å². The molecule has 1 amide bonds. The summed E-state index contributed by atoms with van der Waals surface area (Å²) in [6, 6.07) is 12.7. The highest BCUT2D eigenvalue weighted by Gasteiger charge is 2.26. The van der Waals surface area contributed by atoms with Crippen molar-refractivity contribution >= 4 is 17.5 Å². The van der Waals surface area contributed by atoms with E-state index >= 15 is 0 Å². The fourth-order valence-corrected chi connectivity index (χ4v) is 2.56. The molecule has 3 rings (SSSR count). The second-order valence-electron chi connectivity index (χ2n) is 5.88. The van der Waals surface area contributed by atoms with Gasteiger partial charge in [-0.05, 0) is 55.5 Å². The van der Waals surface area contributed by atoms with E-state index in [0.717, 1.165) is 5.56 Å². The summed E-state index contributed by atoms with van der Waals surface area (Å²) in [4.78, 5) is 16.7. The van der Waals surface area contributed by atoms with Gasteiger partial charge in [-0.3, -0.25) is 4.79 Å². The van der Waals surface area contributed by atoms with Crippen LogP contribution in [0.25, 0.3) is 11.4 Å². The van der Waals surface area contributed by atoms with Crippen molar-refractivity contribution in [3.63, 3.8) is 0 Å². The molecule has 0 fully saturated rings. The Labute approximate surface area is 160 Å². The Hall–Kier alpha value is -2.90. The highest BCUT2D eigenvalue weighted by molar-refractivity contribution is 6.30. The average Bonchev–Trinajstić information content (AvgIpc) is 3.16. The molecule has 0 aliphatic carbocycles.